The van der Waals surface area contributed by atoms with Gasteiger partial charge in [0.25, 0.3) is 5.91 Å². The molecule has 16 heavy (non-hydrogen) atoms. The van der Waals surface area contributed by atoms with Gasteiger partial charge in [-0.2, -0.15) is 0 Å². The van der Waals surface area contributed by atoms with Gasteiger partial charge in [0.2, 0.25) is 10.0 Å². The van der Waals surface area contributed by atoms with E-state index in [0.717, 1.165) is 6.07 Å². The molecule has 1 aromatic carbocycles. The molecule has 0 aliphatic rings. The number of nitrogens with one attached hydrogen (secondary N) is 1. The average Bonchev–Trinajstić information content (AvgIpc) is 2.16. The molecule has 5 nitrogen and oxygen atoms in total. The molecule has 1 aromatic rings. The maximum atomic E-state index is 13.1. The van der Waals surface area contributed by atoms with Crippen LogP contribution < -0.4 is 10.5 Å². The number of carbonyl (C=O) groups is 1. The van der Waals surface area contributed by atoms with Crippen LogP contribution in [-0.4, -0.2) is 26.6 Å². The lowest BCUT2D eigenvalue weighted by molar-refractivity contribution is 0.0952. The minimum atomic E-state index is -3.62. The maximum absolute atomic E-state index is 13.1. The summed E-state index contributed by atoms with van der Waals surface area (Å²) >= 11 is 0. The Kier molecular flexibility index (Phi) is 3.97. The van der Waals surface area contributed by atoms with Crippen LogP contribution in [0.15, 0.2) is 24.3 Å². The highest BCUT2D eigenvalue weighted by Gasteiger charge is 2.11. The van der Waals surface area contributed by atoms with Crippen molar-refractivity contribution >= 4 is 15.9 Å². The molecule has 0 radical (unpaired) electrons. The van der Waals surface area contributed by atoms with Gasteiger partial charge in [0, 0.05) is 6.54 Å². The van der Waals surface area contributed by atoms with Crippen LogP contribution in [0.1, 0.15) is 10.4 Å². The second-order valence-corrected chi connectivity index (χ2v) is 4.84. The Balaban J connectivity index is 2.57. The number of amides is 1. The lowest BCUT2D eigenvalue weighted by Crippen LogP contribution is -2.31. The van der Waals surface area contributed by atoms with Gasteiger partial charge >= 0.3 is 0 Å². The van der Waals surface area contributed by atoms with Crippen molar-refractivity contribution in [1.82, 2.24) is 5.32 Å². The third-order valence-electron chi connectivity index (χ3n) is 1.79. The largest absolute Gasteiger partial charge is 0.351 e. The molecule has 0 saturated carbocycles. The molecule has 0 aromatic heterocycles. The highest BCUT2D eigenvalue weighted by Crippen LogP contribution is 2.05. The van der Waals surface area contributed by atoms with Crippen molar-refractivity contribution in [1.29, 1.82) is 0 Å². The van der Waals surface area contributed by atoms with E-state index in [1.54, 1.807) is 0 Å². The third-order valence-corrected chi connectivity index (χ3v) is 2.56. The molecule has 0 spiro atoms. The Morgan fingerprint density at radius 3 is 2.56 bits per heavy atom. The van der Waals surface area contributed by atoms with E-state index in [0.29, 0.717) is 0 Å². The summed E-state index contributed by atoms with van der Waals surface area (Å²) < 4.78 is 34.2. The van der Waals surface area contributed by atoms with Crippen molar-refractivity contribution in [3.05, 3.63) is 35.6 Å². The van der Waals surface area contributed by atoms with Crippen molar-refractivity contribution in [2.75, 3.05) is 12.3 Å². The molecule has 0 atom stereocenters. The molecule has 1 amide bonds. The molecule has 0 unspecified atom stereocenters. The number of benzene rings is 1. The lowest BCUT2D eigenvalue weighted by Gasteiger charge is -2.04. The fourth-order valence-corrected chi connectivity index (χ4v) is 1.43. The van der Waals surface area contributed by atoms with E-state index >= 15 is 0 Å². The Labute approximate surface area is 92.5 Å². The number of sulfonamides is 1. The highest BCUT2D eigenvalue weighted by molar-refractivity contribution is 7.89. The highest BCUT2D eigenvalue weighted by atomic mass is 32.2. The summed E-state index contributed by atoms with van der Waals surface area (Å²) in [7, 11) is -3.62. The van der Waals surface area contributed by atoms with Gasteiger partial charge in [0.15, 0.2) is 0 Å². The van der Waals surface area contributed by atoms with Crippen molar-refractivity contribution in [2.24, 2.45) is 5.14 Å². The number of carbonyl (C=O) groups excluding carboxylic acids is 1. The molecular formula is C9H11FN2O3S. The van der Waals surface area contributed by atoms with Crippen LogP contribution in [0.2, 0.25) is 0 Å². The second-order valence-electron chi connectivity index (χ2n) is 3.10. The van der Waals surface area contributed by atoms with Crippen LogP contribution in [0.25, 0.3) is 0 Å². The van der Waals surface area contributed by atoms with Crippen LogP contribution in [0.4, 0.5) is 4.39 Å². The van der Waals surface area contributed by atoms with E-state index in [1.807, 2.05) is 0 Å². The normalized spacial score (nSPS) is 11.1. The summed E-state index contributed by atoms with van der Waals surface area (Å²) in [5, 5.41) is 7.00. The molecule has 0 heterocycles. The molecule has 88 valence electrons. The van der Waals surface area contributed by atoms with Crippen LogP contribution >= 0.6 is 0 Å². The summed E-state index contributed by atoms with van der Waals surface area (Å²) in [6.45, 7) is -0.147. The Bertz CT molecular complexity index is 487. The van der Waals surface area contributed by atoms with Crippen molar-refractivity contribution in [2.45, 2.75) is 0 Å². The molecule has 0 fully saturated rings. The van der Waals surface area contributed by atoms with Crippen LogP contribution in [-0.2, 0) is 10.0 Å². The topological polar surface area (TPSA) is 89.3 Å². The molecule has 1 rings (SSSR count). The average molecular weight is 246 g/mol. The lowest BCUT2D eigenvalue weighted by atomic mass is 10.2. The Morgan fingerprint density at radius 2 is 2.00 bits per heavy atom. The maximum Gasteiger partial charge on any atom is 0.254 e. The van der Waals surface area contributed by atoms with Crippen molar-refractivity contribution < 1.29 is 17.6 Å². The smallest absolute Gasteiger partial charge is 0.254 e. The zero-order valence-corrected chi connectivity index (χ0v) is 9.13. The number of hydrogen-bond acceptors (Lipinski definition) is 3. The summed E-state index contributed by atoms with van der Waals surface area (Å²) in [4.78, 5) is 11.4. The van der Waals surface area contributed by atoms with Crippen LogP contribution in [0.5, 0.6) is 0 Å². The van der Waals surface area contributed by atoms with E-state index in [-0.39, 0.29) is 17.9 Å². The molecule has 0 bridgehead atoms. The molecule has 0 aliphatic carbocycles. The van der Waals surface area contributed by atoms with Crippen molar-refractivity contribution in [3.63, 3.8) is 0 Å². The van der Waals surface area contributed by atoms with E-state index in [2.05, 4.69) is 5.32 Å². The molecule has 3 N–H and O–H groups in total. The van der Waals surface area contributed by atoms with Gasteiger partial charge in [-0.1, -0.05) is 12.1 Å². The predicted octanol–water partition coefficient (Wildman–Crippen LogP) is -0.156. The number of primary sulfonamides is 1. The van der Waals surface area contributed by atoms with Gasteiger partial charge in [-0.25, -0.2) is 17.9 Å². The summed E-state index contributed by atoms with van der Waals surface area (Å²) in [5.41, 5.74) is -0.128. The quantitative estimate of drug-likeness (QED) is 0.773. The summed E-state index contributed by atoms with van der Waals surface area (Å²) in [6.07, 6.45) is 0. The zero-order valence-electron chi connectivity index (χ0n) is 8.31. The molecular weight excluding hydrogens is 235 g/mol. The first-order valence-corrected chi connectivity index (χ1v) is 6.15. The summed E-state index contributed by atoms with van der Waals surface area (Å²) in [5.74, 6) is -1.70. The van der Waals surface area contributed by atoms with E-state index in [4.69, 9.17) is 5.14 Å². The first kappa shape index (κ1) is 12.6. The monoisotopic (exact) mass is 246 g/mol. The van der Waals surface area contributed by atoms with Crippen LogP contribution in [0, 0.1) is 5.82 Å². The predicted molar refractivity (Wildman–Crippen MR) is 56.7 cm³/mol. The van der Waals surface area contributed by atoms with E-state index in [9.17, 15) is 17.6 Å². The molecule has 0 saturated heterocycles. The minimum absolute atomic E-state index is 0.128. The van der Waals surface area contributed by atoms with Crippen LogP contribution in [0.3, 0.4) is 0 Å². The number of halogens is 1. The first-order chi connectivity index (χ1) is 7.40. The number of nitrogens with two attached hydrogens (primary N) is 1. The minimum Gasteiger partial charge on any atom is -0.351 e. The third kappa shape index (κ3) is 3.95. The molecule has 0 aliphatic heterocycles. The van der Waals surface area contributed by atoms with Gasteiger partial charge in [-0.05, 0) is 12.1 Å². The SMILES string of the molecule is NS(=O)(=O)CCNC(=O)c1ccccc1F. The van der Waals surface area contributed by atoms with E-state index < -0.39 is 21.7 Å². The van der Waals surface area contributed by atoms with Gasteiger partial charge in [0.05, 0.1) is 11.3 Å². The van der Waals surface area contributed by atoms with E-state index in [1.165, 1.54) is 18.2 Å². The standard InChI is InChI=1S/C9H11FN2O3S/c10-8-4-2-1-3-7(8)9(13)12-5-6-16(11,14)15/h1-4H,5-6H2,(H,12,13)(H2,11,14,15). The second kappa shape index (κ2) is 5.04. The molecule has 7 heteroatoms. The fraction of sp³-hybridized carbons (Fsp3) is 0.222. The number of rotatable bonds is 4. The summed E-state index contributed by atoms with van der Waals surface area (Å²) in [6, 6.07) is 5.42. The van der Waals surface area contributed by atoms with Crippen molar-refractivity contribution in [3.8, 4) is 0 Å². The zero-order chi connectivity index (χ0) is 12.2. The fourth-order valence-electron chi connectivity index (χ4n) is 1.05. The number of hydrogen-bond donors (Lipinski definition) is 2. The van der Waals surface area contributed by atoms with Gasteiger partial charge in [-0.3, -0.25) is 4.79 Å². The Hall–Kier alpha value is -1.47. The van der Waals surface area contributed by atoms with Gasteiger partial charge in [0.1, 0.15) is 5.82 Å². The van der Waals surface area contributed by atoms with Gasteiger partial charge in [-0.15, -0.1) is 0 Å². The first-order valence-electron chi connectivity index (χ1n) is 4.43. The van der Waals surface area contributed by atoms with Gasteiger partial charge < -0.3 is 5.32 Å². The Morgan fingerprint density at radius 1 is 1.38 bits per heavy atom.